The number of anilines is 1. The van der Waals surface area contributed by atoms with Crippen LogP contribution in [0.1, 0.15) is 22.3 Å². The number of nitrogens with zero attached hydrogens (tertiary/aromatic N) is 2. The number of benzene rings is 2. The lowest BCUT2D eigenvalue weighted by molar-refractivity contribution is -0.119. The summed E-state index contributed by atoms with van der Waals surface area (Å²) in [4.78, 5) is 16.3. The van der Waals surface area contributed by atoms with Crippen molar-refractivity contribution in [2.24, 2.45) is 5.73 Å². The molecule has 0 spiro atoms. The van der Waals surface area contributed by atoms with Gasteiger partial charge in [-0.05, 0) is 43.9 Å². The third-order valence-electron chi connectivity index (χ3n) is 5.23. The Morgan fingerprint density at radius 3 is 2.35 bits per heavy atom. The van der Waals surface area contributed by atoms with E-state index in [1.165, 1.54) is 27.9 Å². The van der Waals surface area contributed by atoms with Gasteiger partial charge in [-0.3, -0.25) is 9.69 Å². The van der Waals surface area contributed by atoms with Crippen molar-refractivity contribution in [1.82, 2.24) is 4.90 Å². The van der Waals surface area contributed by atoms with Crippen molar-refractivity contribution < 1.29 is 4.79 Å². The highest BCUT2D eigenvalue weighted by atomic mass is 16.1. The van der Waals surface area contributed by atoms with Crippen LogP contribution in [0, 0.1) is 20.8 Å². The molecule has 26 heavy (non-hydrogen) atoms. The highest BCUT2D eigenvalue weighted by molar-refractivity contribution is 5.76. The van der Waals surface area contributed by atoms with Gasteiger partial charge >= 0.3 is 0 Å². The fourth-order valence-electron chi connectivity index (χ4n) is 4.26. The van der Waals surface area contributed by atoms with Crippen LogP contribution in [0.15, 0.2) is 42.5 Å². The summed E-state index contributed by atoms with van der Waals surface area (Å²) in [6.07, 6.45) is 0.925. The summed E-state index contributed by atoms with van der Waals surface area (Å²) in [5, 5.41) is 0. The molecule has 0 saturated carbocycles. The Kier molecular flexibility index (Phi) is 5.62. The number of piperazine rings is 1. The Bertz CT molecular complexity index is 749. The summed E-state index contributed by atoms with van der Waals surface area (Å²) in [6, 6.07) is 15.3. The molecule has 1 atom stereocenters. The molecule has 4 heteroatoms. The van der Waals surface area contributed by atoms with Crippen LogP contribution >= 0.6 is 0 Å². The molecular weight excluding hydrogens is 322 g/mol. The number of nitrogens with two attached hydrogens (primary N) is 1. The van der Waals surface area contributed by atoms with Crippen molar-refractivity contribution in [2.45, 2.75) is 33.2 Å². The van der Waals surface area contributed by atoms with E-state index in [1.54, 1.807) is 0 Å². The maximum Gasteiger partial charge on any atom is 0.231 e. The van der Waals surface area contributed by atoms with Gasteiger partial charge in [-0.15, -0.1) is 0 Å². The number of primary amides is 1. The van der Waals surface area contributed by atoms with E-state index in [0.29, 0.717) is 6.54 Å². The molecule has 0 radical (unpaired) electrons. The van der Waals surface area contributed by atoms with Gasteiger partial charge in [0.25, 0.3) is 0 Å². The quantitative estimate of drug-likeness (QED) is 0.901. The molecule has 3 rings (SSSR count). The molecule has 1 amide bonds. The molecule has 0 unspecified atom stereocenters. The zero-order chi connectivity index (χ0) is 18.7. The maximum atomic E-state index is 11.5. The Morgan fingerprint density at radius 1 is 1.08 bits per heavy atom. The van der Waals surface area contributed by atoms with E-state index < -0.39 is 0 Å². The molecule has 0 aromatic heterocycles. The molecular formula is C22H29N3O. The van der Waals surface area contributed by atoms with Gasteiger partial charge in [0.1, 0.15) is 0 Å². The normalized spacial score (nSPS) is 18.1. The van der Waals surface area contributed by atoms with Gasteiger partial charge in [-0.25, -0.2) is 0 Å². The second-order valence-electron chi connectivity index (χ2n) is 7.47. The lowest BCUT2D eigenvalue weighted by atomic mass is 9.99. The lowest BCUT2D eigenvalue weighted by Gasteiger charge is -2.43. The van der Waals surface area contributed by atoms with Crippen molar-refractivity contribution in [3.63, 3.8) is 0 Å². The number of amides is 1. The average molecular weight is 351 g/mol. The molecule has 138 valence electrons. The highest BCUT2D eigenvalue weighted by Gasteiger charge is 2.29. The SMILES string of the molecule is Cc1cc(C)c(N2CCN(CC(N)=O)[C@@H](Cc3ccccc3)C2)c(C)c1. The maximum absolute atomic E-state index is 11.5. The number of hydrogen-bond donors (Lipinski definition) is 1. The minimum atomic E-state index is -0.251. The van der Waals surface area contributed by atoms with Gasteiger partial charge < -0.3 is 10.6 Å². The van der Waals surface area contributed by atoms with Gasteiger partial charge in [-0.1, -0.05) is 48.0 Å². The van der Waals surface area contributed by atoms with Crippen molar-refractivity contribution in [3.8, 4) is 0 Å². The summed E-state index contributed by atoms with van der Waals surface area (Å²) in [5.74, 6) is -0.251. The summed E-state index contributed by atoms with van der Waals surface area (Å²) in [6.45, 7) is 9.54. The van der Waals surface area contributed by atoms with E-state index in [4.69, 9.17) is 5.73 Å². The average Bonchev–Trinajstić information content (AvgIpc) is 2.57. The topological polar surface area (TPSA) is 49.6 Å². The summed E-state index contributed by atoms with van der Waals surface area (Å²) in [5.41, 5.74) is 12.1. The Hall–Kier alpha value is -2.33. The van der Waals surface area contributed by atoms with E-state index in [2.05, 4.69) is 67.0 Å². The molecule has 1 fully saturated rings. The van der Waals surface area contributed by atoms with E-state index in [9.17, 15) is 4.79 Å². The smallest absolute Gasteiger partial charge is 0.231 e. The fourth-order valence-corrected chi connectivity index (χ4v) is 4.26. The van der Waals surface area contributed by atoms with E-state index in [0.717, 1.165) is 26.1 Å². The van der Waals surface area contributed by atoms with Crippen molar-refractivity contribution in [3.05, 3.63) is 64.7 Å². The largest absolute Gasteiger partial charge is 0.369 e. The first kappa shape index (κ1) is 18.5. The van der Waals surface area contributed by atoms with Gasteiger partial charge in [0, 0.05) is 31.4 Å². The van der Waals surface area contributed by atoms with Crippen LogP contribution in [0.5, 0.6) is 0 Å². The second-order valence-corrected chi connectivity index (χ2v) is 7.47. The number of carbonyl (C=O) groups excluding carboxylic acids is 1. The minimum Gasteiger partial charge on any atom is -0.369 e. The summed E-state index contributed by atoms with van der Waals surface area (Å²) >= 11 is 0. The molecule has 0 bridgehead atoms. The number of carbonyl (C=O) groups is 1. The first-order valence-electron chi connectivity index (χ1n) is 9.33. The lowest BCUT2D eigenvalue weighted by Crippen LogP contribution is -2.56. The summed E-state index contributed by atoms with van der Waals surface area (Å²) in [7, 11) is 0. The number of aryl methyl sites for hydroxylation is 3. The monoisotopic (exact) mass is 351 g/mol. The first-order chi connectivity index (χ1) is 12.4. The van der Waals surface area contributed by atoms with E-state index >= 15 is 0 Å². The Labute approximate surface area is 156 Å². The molecule has 1 saturated heterocycles. The zero-order valence-electron chi connectivity index (χ0n) is 16.0. The van der Waals surface area contributed by atoms with Crippen LogP contribution < -0.4 is 10.6 Å². The van der Waals surface area contributed by atoms with Crippen molar-refractivity contribution >= 4 is 11.6 Å². The van der Waals surface area contributed by atoms with Gasteiger partial charge in [-0.2, -0.15) is 0 Å². The molecule has 1 aliphatic heterocycles. The second kappa shape index (κ2) is 7.92. The number of rotatable bonds is 5. The molecule has 1 aliphatic rings. The van der Waals surface area contributed by atoms with Crippen molar-refractivity contribution in [1.29, 1.82) is 0 Å². The third kappa shape index (κ3) is 4.25. The zero-order valence-corrected chi connectivity index (χ0v) is 16.0. The van der Waals surface area contributed by atoms with Gasteiger partial charge in [0.2, 0.25) is 5.91 Å². The van der Waals surface area contributed by atoms with Crippen LogP contribution in [0.2, 0.25) is 0 Å². The first-order valence-corrected chi connectivity index (χ1v) is 9.33. The van der Waals surface area contributed by atoms with Gasteiger partial charge in [0.15, 0.2) is 0 Å². The van der Waals surface area contributed by atoms with Crippen LogP contribution in [0.4, 0.5) is 5.69 Å². The predicted octanol–water partition coefficient (Wildman–Crippen LogP) is 2.83. The van der Waals surface area contributed by atoms with Crippen LogP contribution in [-0.2, 0) is 11.2 Å². The molecule has 2 aromatic rings. The Balaban J connectivity index is 1.84. The molecule has 1 heterocycles. The number of hydrogen-bond acceptors (Lipinski definition) is 3. The standard InChI is InChI=1S/C22H29N3O/c1-16-11-17(2)22(18(3)12-16)25-10-9-24(15-21(23)26)20(14-25)13-19-7-5-4-6-8-19/h4-8,11-12,20H,9-10,13-15H2,1-3H3,(H2,23,26)/t20-/m0/s1. The van der Waals surface area contributed by atoms with Crippen LogP contribution in [0.25, 0.3) is 0 Å². The van der Waals surface area contributed by atoms with Crippen LogP contribution in [0.3, 0.4) is 0 Å². The molecule has 2 aromatic carbocycles. The predicted molar refractivity (Wildman–Crippen MR) is 108 cm³/mol. The third-order valence-corrected chi connectivity index (χ3v) is 5.23. The molecule has 0 aliphatic carbocycles. The highest BCUT2D eigenvalue weighted by Crippen LogP contribution is 2.29. The molecule has 2 N–H and O–H groups in total. The van der Waals surface area contributed by atoms with E-state index in [1.807, 2.05) is 6.07 Å². The fraction of sp³-hybridized carbons (Fsp3) is 0.409. The summed E-state index contributed by atoms with van der Waals surface area (Å²) < 4.78 is 0. The van der Waals surface area contributed by atoms with E-state index in [-0.39, 0.29) is 11.9 Å². The van der Waals surface area contributed by atoms with Gasteiger partial charge in [0.05, 0.1) is 6.54 Å². The Morgan fingerprint density at radius 2 is 1.73 bits per heavy atom. The van der Waals surface area contributed by atoms with Crippen LogP contribution in [-0.4, -0.2) is 43.0 Å². The molecule has 4 nitrogen and oxygen atoms in total. The van der Waals surface area contributed by atoms with Crippen molar-refractivity contribution in [2.75, 3.05) is 31.1 Å². The minimum absolute atomic E-state index is 0.251.